The first-order valence-corrected chi connectivity index (χ1v) is 11.7. The third-order valence-corrected chi connectivity index (χ3v) is 6.15. The summed E-state index contributed by atoms with van der Waals surface area (Å²) >= 11 is 0. The number of carbonyl (C=O) groups excluding carboxylic acids is 1. The van der Waals surface area contributed by atoms with Crippen LogP contribution in [0.1, 0.15) is 29.5 Å². The van der Waals surface area contributed by atoms with E-state index in [1.807, 2.05) is 60.7 Å². The van der Waals surface area contributed by atoms with Gasteiger partial charge in [-0.3, -0.25) is 9.69 Å². The number of hydrogen-bond donors (Lipinski definition) is 2. The molecule has 5 heteroatoms. The molecule has 3 N–H and O–H groups in total. The van der Waals surface area contributed by atoms with Crippen molar-refractivity contribution in [1.82, 2.24) is 10.2 Å². The van der Waals surface area contributed by atoms with E-state index in [0.29, 0.717) is 13.0 Å². The molecule has 1 atom stereocenters. The lowest BCUT2D eigenvalue weighted by atomic mass is 10.0. The van der Waals surface area contributed by atoms with Crippen molar-refractivity contribution in [1.29, 1.82) is 0 Å². The van der Waals surface area contributed by atoms with E-state index in [1.54, 1.807) is 0 Å². The van der Waals surface area contributed by atoms with Crippen LogP contribution in [-0.2, 0) is 24.4 Å². The van der Waals surface area contributed by atoms with Crippen molar-refractivity contribution in [3.8, 4) is 5.75 Å². The number of nitrogens with zero attached hydrogens (tertiary/aromatic N) is 1. The summed E-state index contributed by atoms with van der Waals surface area (Å²) in [4.78, 5) is 15.1. The van der Waals surface area contributed by atoms with Crippen molar-refractivity contribution >= 4 is 5.91 Å². The van der Waals surface area contributed by atoms with Crippen LogP contribution in [0, 0.1) is 0 Å². The summed E-state index contributed by atoms with van der Waals surface area (Å²) in [7, 11) is 0. The summed E-state index contributed by atoms with van der Waals surface area (Å²) in [6.07, 6.45) is 2.43. The average molecular weight is 444 g/mol. The highest BCUT2D eigenvalue weighted by molar-refractivity contribution is 5.82. The lowest BCUT2D eigenvalue weighted by Crippen LogP contribution is -2.50. The van der Waals surface area contributed by atoms with Crippen LogP contribution in [0.4, 0.5) is 0 Å². The Kier molecular flexibility index (Phi) is 8.12. The van der Waals surface area contributed by atoms with Crippen molar-refractivity contribution in [3.63, 3.8) is 0 Å². The molecule has 5 nitrogen and oxygen atoms in total. The maximum absolute atomic E-state index is 12.6. The normalized spacial score (nSPS) is 15.7. The second-order valence-corrected chi connectivity index (χ2v) is 8.77. The number of ether oxygens (including phenoxy) is 1. The molecular formula is C28H33N3O2. The van der Waals surface area contributed by atoms with Gasteiger partial charge in [-0.05, 0) is 48.1 Å². The zero-order valence-electron chi connectivity index (χ0n) is 19.0. The van der Waals surface area contributed by atoms with Gasteiger partial charge >= 0.3 is 0 Å². The van der Waals surface area contributed by atoms with Gasteiger partial charge in [0.15, 0.2) is 0 Å². The quantitative estimate of drug-likeness (QED) is 0.526. The monoisotopic (exact) mass is 443 g/mol. The Balaban J connectivity index is 1.18. The molecule has 1 saturated heterocycles. The van der Waals surface area contributed by atoms with Crippen LogP contribution in [-0.4, -0.2) is 36.0 Å². The van der Waals surface area contributed by atoms with Crippen LogP contribution >= 0.6 is 0 Å². The highest BCUT2D eigenvalue weighted by Crippen LogP contribution is 2.16. The minimum absolute atomic E-state index is 0.0686. The molecule has 0 bridgehead atoms. The number of nitrogens with one attached hydrogen (secondary N) is 1. The van der Waals surface area contributed by atoms with E-state index in [2.05, 4.69) is 34.5 Å². The van der Waals surface area contributed by atoms with Gasteiger partial charge in [0, 0.05) is 25.7 Å². The smallest absolute Gasteiger partial charge is 0.237 e. The standard InChI is InChI=1S/C28H33N3O2/c29-27(19-22-11-13-26(14-12-22)33-21-24-9-5-2-6-10-24)28(32)30-25-15-17-31(18-16-25)20-23-7-3-1-4-8-23/h1-14,25,27H,15-21,29H2,(H,30,32). The van der Waals surface area contributed by atoms with Crippen LogP contribution in [0.2, 0.25) is 0 Å². The number of likely N-dealkylation sites (tertiary alicyclic amines) is 1. The fraction of sp³-hybridized carbons (Fsp3) is 0.321. The van der Waals surface area contributed by atoms with Crippen LogP contribution in [0.5, 0.6) is 5.75 Å². The Bertz CT molecular complexity index is 985. The Morgan fingerprint density at radius 3 is 2.12 bits per heavy atom. The van der Waals surface area contributed by atoms with Crippen LogP contribution in [0.15, 0.2) is 84.9 Å². The van der Waals surface area contributed by atoms with Crippen molar-refractivity contribution in [2.24, 2.45) is 5.73 Å². The topological polar surface area (TPSA) is 67.6 Å². The molecular weight excluding hydrogens is 410 g/mol. The second-order valence-electron chi connectivity index (χ2n) is 8.77. The predicted octanol–water partition coefficient (Wildman–Crippen LogP) is 3.92. The van der Waals surface area contributed by atoms with Crippen LogP contribution < -0.4 is 15.8 Å². The maximum Gasteiger partial charge on any atom is 0.237 e. The third kappa shape index (κ3) is 7.17. The summed E-state index contributed by atoms with van der Waals surface area (Å²) < 4.78 is 5.83. The number of carbonyl (C=O) groups is 1. The number of piperidine rings is 1. The summed E-state index contributed by atoms with van der Waals surface area (Å²) in [6.45, 7) is 3.47. The minimum Gasteiger partial charge on any atom is -0.489 e. The van der Waals surface area contributed by atoms with E-state index in [9.17, 15) is 4.79 Å². The van der Waals surface area contributed by atoms with Crippen molar-refractivity contribution in [2.45, 2.75) is 44.5 Å². The second kappa shape index (κ2) is 11.6. The minimum atomic E-state index is -0.552. The average Bonchev–Trinajstić information content (AvgIpc) is 2.86. The summed E-state index contributed by atoms with van der Waals surface area (Å²) in [5.41, 5.74) is 9.71. The Labute approximate surface area is 196 Å². The molecule has 3 aromatic carbocycles. The summed E-state index contributed by atoms with van der Waals surface area (Å²) in [5, 5.41) is 3.16. The molecule has 1 aliphatic rings. The molecule has 172 valence electrons. The maximum atomic E-state index is 12.6. The highest BCUT2D eigenvalue weighted by atomic mass is 16.5. The van der Waals surface area contributed by atoms with E-state index in [0.717, 1.165) is 49.4 Å². The van der Waals surface area contributed by atoms with Gasteiger partial charge in [-0.15, -0.1) is 0 Å². The lowest BCUT2D eigenvalue weighted by Gasteiger charge is -2.32. The van der Waals surface area contributed by atoms with Crippen LogP contribution in [0.3, 0.4) is 0 Å². The van der Waals surface area contributed by atoms with E-state index in [-0.39, 0.29) is 11.9 Å². The number of benzene rings is 3. The third-order valence-electron chi connectivity index (χ3n) is 6.15. The molecule has 3 aromatic rings. The van der Waals surface area contributed by atoms with Gasteiger partial charge in [0.2, 0.25) is 5.91 Å². The van der Waals surface area contributed by atoms with Crippen molar-refractivity contribution in [2.75, 3.05) is 13.1 Å². The molecule has 1 fully saturated rings. The molecule has 0 aromatic heterocycles. The summed E-state index contributed by atoms with van der Waals surface area (Å²) in [5.74, 6) is 0.740. The molecule has 1 amide bonds. The van der Waals surface area contributed by atoms with Gasteiger partial charge in [0.05, 0.1) is 6.04 Å². The van der Waals surface area contributed by atoms with Gasteiger partial charge in [-0.25, -0.2) is 0 Å². The number of rotatable bonds is 9. The molecule has 0 aliphatic carbocycles. The van der Waals surface area contributed by atoms with E-state index in [4.69, 9.17) is 10.5 Å². The fourth-order valence-corrected chi connectivity index (χ4v) is 4.19. The molecule has 0 radical (unpaired) electrons. The molecule has 33 heavy (non-hydrogen) atoms. The molecule has 1 unspecified atom stereocenters. The molecule has 0 spiro atoms. The van der Waals surface area contributed by atoms with Gasteiger partial charge in [-0.2, -0.15) is 0 Å². The Morgan fingerprint density at radius 1 is 0.879 bits per heavy atom. The first-order chi connectivity index (χ1) is 16.2. The molecule has 4 rings (SSSR count). The predicted molar refractivity (Wildman–Crippen MR) is 132 cm³/mol. The molecule has 1 aliphatic heterocycles. The van der Waals surface area contributed by atoms with E-state index in [1.165, 1.54) is 5.56 Å². The first-order valence-electron chi connectivity index (χ1n) is 11.7. The first kappa shape index (κ1) is 23.0. The van der Waals surface area contributed by atoms with Gasteiger partial charge in [-0.1, -0.05) is 72.8 Å². The number of nitrogens with two attached hydrogens (primary N) is 1. The van der Waals surface area contributed by atoms with Crippen molar-refractivity contribution in [3.05, 3.63) is 102 Å². The Morgan fingerprint density at radius 2 is 1.48 bits per heavy atom. The number of hydrogen-bond acceptors (Lipinski definition) is 4. The van der Waals surface area contributed by atoms with Crippen molar-refractivity contribution < 1.29 is 9.53 Å². The fourth-order valence-electron chi connectivity index (χ4n) is 4.19. The van der Waals surface area contributed by atoms with E-state index < -0.39 is 6.04 Å². The zero-order chi connectivity index (χ0) is 22.9. The van der Waals surface area contributed by atoms with E-state index >= 15 is 0 Å². The van der Waals surface area contributed by atoms with Gasteiger partial charge in [0.25, 0.3) is 0 Å². The lowest BCUT2D eigenvalue weighted by molar-refractivity contribution is -0.123. The Hall–Kier alpha value is -3.15. The zero-order valence-corrected chi connectivity index (χ0v) is 19.0. The SMILES string of the molecule is NC(Cc1ccc(OCc2ccccc2)cc1)C(=O)NC1CCN(Cc2ccccc2)CC1. The van der Waals surface area contributed by atoms with Gasteiger partial charge in [0.1, 0.15) is 12.4 Å². The highest BCUT2D eigenvalue weighted by Gasteiger charge is 2.23. The largest absolute Gasteiger partial charge is 0.489 e. The van der Waals surface area contributed by atoms with Crippen LogP contribution in [0.25, 0.3) is 0 Å². The summed E-state index contributed by atoms with van der Waals surface area (Å²) in [6, 6.07) is 28.1. The number of amides is 1. The van der Waals surface area contributed by atoms with Gasteiger partial charge < -0.3 is 15.8 Å². The molecule has 0 saturated carbocycles. The molecule has 1 heterocycles.